The van der Waals surface area contributed by atoms with Crippen LogP contribution in [0, 0.1) is 0 Å². The number of rotatable bonds is 7. The van der Waals surface area contributed by atoms with Crippen molar-refractivity contribution in [3.63, 3.8) is 0 Å². The molecule has 0 aromatic heterocycles. The molecule has 1 aliphatic heterocycles. The summed E-state index contributed by atoms with van der Waals surface area (Å²) in [6.07, 6.45) is 0. The molecule has 1 saturated heterocycles. The maximum Gasteiger partial charge on any atom is 0.240 e. The number of hydrogen-bond acceptors (Lipinski definition) is 6. The van der Waals surface area contributed by atoms with Gasteiger partial charge in [-0.05, 0) is 46.7 Å². The molecule has 1 fully saturated rings. The zero-order valence-corrected chi connectivity index (χ0v) is 20.1. The van der Waals surface area contributed by atoms with Crippen molar-refractivity contribution in [2.24, 2.45) is 0 Å². The molecule has 0 spiro atoms. The van der Waals surface area contributed by atoms with Gasteiger partial charge in [-0.2, -0.15) is 0 Å². The van der Waals surface area contributed by atoms with Crippen molar-refractivity contribution in [1.29, 1.82) is 0 Å². The van der Waals surface area contributed by atoms with Crippen LogP contribution < -0.4 is 19.7 Å². The summed E-state index contributed by atoms with van der Waals surface area (Å²) in [7, 11) is -2.14. The summed E-state index contributed by atoms with van der Waals surface area (Å²) >= 11 is 0. The Kier molecular flexibility index (Phi) is 6.52. The van der Waals surface area contributed by atoms with E-state index in [1.165, 1.54) is 0 Å². The SMILES string of the molecule is COc1ccc(S(=O)(=O)NCC(C)(C)c2cccc3cc(O)ccc23)cc1N1CCNCC1. The second-order valence-corrected chi connectivity index (χ2v) is 10.8. The van der Waals surface area contributed by atoms with Crippen molar-refractivity contribution in [2.45, 2.75) is 24.2 Å². The first-order valence-electron chi connectivity index (χ1n) is 11.1. The molecule has 7 nitrogen and oxygen atoms in total. The molecule has 0 saturated carbocycles. The number of ether oxygens (including phenoxy) is 1. The second kappa shape index (κ2) is 9.21. The van der Waals surface area contributed by atoms with Crippen LogP contribution in [0.15, 0.2) is 59.5 Å². The van der Waals surface area contributed by atoms with Crippen molar-refractivity contribution in [2.75, 3.05) is 44.7 Å². The largest absolute Gasteiger partial charge is 0.508 e. The molecular formula is C25H31N3O4S. The van der Waals surface area contributed by atoms with Gasteiger partial charge in [-0.3, -0.25) is 0 Å². The van der Waals surface area contributed by atoms with Gasteiger partial charge in [0.15, 0.2) is 0 Å². The summed E-state index contributed by atoms with van der Waals surface area (Å²) in [6, 6.07) is 16.1. The number of piperazine rings is 1. The van der Waals surface area contributed by atoms with E-state index < -0.39 is 15.4 Å². The lowest BCUT2D eigenvalue weighted by Gasteiger charge is -2.31. The number of methoxy groups -OCH3 is 1. The Morgan fingerprint density at radius 2 is 1.85 bits per heavy atom. The molecule has 33 heavy (non-hydrogen) atoms. The van der Waals surface area contributed by atoms with E-state index in [1.54, 1.807) is 37.4 Å². The van der Waals surface area contributed by atoms with E-state index in [4.69, 9.17) is 4.74 Å². The maximum atomic E-state index is 13.2. The zero-order valence-electron chi connectivity index (χ0n) is 19.3. The number of anilines is 1. The highest BCUT2D eigenvalue weighted by atomic mass is 32.2. The van der Waals surface area contributed by atoms with Crippen molar-refractivity contribution < 1.29 is 18.3 Å². The predicted octanol–water partition coefficient (Wildman–Crippen LogP) is 3.22. The lowest BCUT2D eigenvalue weighted by Crippen LogP contribution is -2.43. The summed E-state index contributed by atoms with van der Waals surface area (Å²) in [5, 5.41) is 15.0. The van der Waals surface area contributed by atoms with Gasteiger partial charge in [0.2, 0.25) is 10.0 Å². The number of hydrogen-bond donors (Lipinski definition) is 3. The average molecular weight is 470 g/mol. The second-order valence-electron chi connectivity index (χ2n) is 8.99. The Balaban J connectivity index is 1.59. The van der Waals surface area contributed by atoms with Gasteiger partial charge in [0.25, 0.3) is 0 Å². The van der Waals surface area contributed by atoms with Crippen molar-refractivity contribution in [3.8, 4) is 11.5 Å². The Morgan fingerprint density at radius 1 is 1.09 bits per heavy atom. The van der Waals surface area contributed by atoms with Gasteiger partial charge in [0, 0.05) is 38.1 Å². The van der Waals surface area contributed by atoms with Crippen LogP contribution in [0.5, 0.6) is 11.5 Å². The van der Waals surface area contributed by atoms with Crippen LogP contribution in [0.4, 0.5) is 5.69 Å². The first kappa shape index (κ1) is 23.4. The van der Waals surface area contributed by atoms with Gasteiger partial charge in [0.1, 0.15) is 11.5 Å². The third-order valence-corrected chi connectivity index (χ3v) is 7.61. The smallest absolute Gasteiger partial charge is 0.240 e. The van der Waals surface area contributed by atoms with Gasteiger partial charge in [-0.15, -0.1) is 0 Å². The number of phenols is 1. The lowest BCUT2D eigenvalue weighted by molar-refractivity contribution is 0.412. The quantitative estimate of drug-likeness (QED) is 0.492. The highest BCUT2D eigenvalue weighted by molar-refractivity contribution is 7.89. The summed E-state index contributed by atoms with van der Waals surface area (Å²) < 4.78 is 34.8. The molecule has 1 aliphatic rings. The molecule has 176 valence electrons. The van der Waals surface area contributed by atoms with Gasteiger partial charge >= 0.3 is 0 Å². The van der Waals surface area contributed by atoms with Crippen molar-refractivity contribution in [3.05, 3.63) is 60.2 Å². The summed E-state index contributed by atoms with van der Waals surface area (Å²) in [6.45, 7) is 7.51. The fourth-order valence-electron chi connectivity index (χ4n) is 4.31. The average Bonchev–Trinajstić information content (AvgIpc) is 2.82. The zero-order chi connectivity index (χ0) is 23.6. The fraction of sp³-hybridized carbons (Fsp3) is 0.360. The predicted molar refractivity (Wildman–Crippen MR) is 132 cm³/mol. The van der Waals surface area contributed by atoms with Crippen LogP contribution in [0.25, 0.3) is 10.8 Å². The van der Waals surface area contributed by atoms with Crippen molar-refractivity contribution in [1.82, 2.24) is 10.0 Å². The van der Waals surface area contributed by atoms with Gasteiger partial charge in [0.05, 0.1) is 17.7 Å². The van der Waals surface area contributed by atoms with Gasteiger partial charge in [-0.25, -0.2) is 13.1 Å². The first-order chi connectivity index (χ1) is 15.7. The number of nitrogens with zero attached hydrogens (tertiary/aromatic N) is 1. The van der Waals surface area contributed by atoms with Gasteiger partial charge in [-0.1, -0.05) is 38.1 Å². The molecule has 3 N–H and O–H groups in total. The van der Waals surface area contributed by atoms with Crippen LogP contribution in [0.2, 0.25) is 0 Å². The van der Waals surface area contributed by atoms with E-state index in [1.807, 2.05) is 38.1 Å². The molecule has 0 aliphatic carbocycles. The van der Waals surface area contributed by atoms with Crippen LogP contribution in [0.1, 0.15) is 19.4 Å². The lowest BCUT2D eigenvalue weighted by atomic mass is 9.82. The Morgan fingerprint density at radius 3 is 2.58 bits per heavy atom. The monoisotopic (exact) mass is 469 g/mol. The molecule has 4 rings (SSSR count). The molecule has 8 heteroatoms. The van der Waals surface area contributed by atoms with Crippen LogP contribution in [-0.4, -0.2) is 53.4 Å². The number of aromatic hydroxyl groups is 1. The number of sulfonamides is 1. The van der Waals surface area contributed by atoms with Crippen LogP contribution in [0.3, 0.4) is 0 Å². The Bertz CT molecular complexity index is 1250. The molecule has 0 atom stereocenters. The molecule has 1 heterocycles. The fourth-order valence-corrected chi connectivity index (χ4v) is 5.54. The third kappa shape index (κ3) is 4.93. The molecule has 0 bridgehead atoms. The van der Waals surface area contributed by atoms with Crippen LogP contribution >= 0.6 is 0 Å². The number of nitrogens with one attached hydrogen (secondary N) is 2. The molecule has 0 amide bonds. The van der Waals surface area contributed by atoms with E-state index in [0.29, 0.717) is 5.75 Å². The van der Waals surface area contributed by atoms with E-state index >= 15 is 0 Å². The normalized spacial score (nSPS) is 15.1. The standard InChI is InChI=1S/C25H31N3O4S/c1-25(2,22-6-4-5-18-15-19(29)7-9-21(18)22)17-27-33(30,31)20-8-10-24(32-3)23(16-20)28-13-11-26-12-14-28/h4-10,15-16,26-27,29H,11-14,17H2,1-3H3. The highest BCUT2D eigenvalue weighted by Gasteiger charge is 2.27. The van der Waals surface area contributed by atoms with Crippen molar-refractivity contribution >= 4 is 26.5 Å². The Hall–Kier alpha value is -2.81. The highest BCUT2D eigenvalue weighted by Crippen LogP contribution is 2.33. The minimum Gasteiger partial charge on any atom is -0.508 e. The van der Waals surface area contributed by atoms with E-state index in [2.05, 4.69) is 14.9 Å². The number of fused-ring (bicyclic) bond motifs is 1. The molecule has 0 unspecified atom stereocenters. The number of benzene rings is 3. The Labute approximate surface area is 195 Å². The minimum absolute atomic E-state index is 0.206. The summed E-state index contributed by atoms with van der Waals surface area (Å²) in [5.74, 6) is 0.869. The molecule has 0 radical (unpaired) electrons. The third-order valence-electron chi connectivity index (χ3n) is 6.22. The van der Waals surface area contributed by atoms with Gasteiger partial charge < -0.3 is 20.1 Å². The first-order valence-corrected chi connectivity index (χ1v) is 12.6. The summed E-state index contributed by atoms with van der Waals surface area (Å²) in [4.78, 5) is 2.36. The van der Waals surface area contributed by atoms with E-state index in [9.17, 15) is 13.5 Å². The topological polar surface area (TPSA) is 90.9 Å². The van der Waals surface area contributed by atoms with E-state index in [0.717, 1.165) is 48.2 Å². The van der Waals surface area contributed by atoms with E-state index in [-0.39, 0.29) is 17.2 Å². The minimum atomic E-state index is -3.74. The number of phenolic OH excluding ortho intramolecular Hbond substituents is 1. The molecule has 3 aromatic rings. The maximum absolute atomic E-state index is 13.2. The van der Waals surface area contributed by atoms with Crippen LogP contribution in [-0.2, 0) is 15.4 Å². The molecule has 3 aromatic carbocycles. The molecular weight excluding hydrogens is 438 g/mol. The summed E-state index contributed by atoms with van der Waals surface area (Å²) in [5.41, 5.74) is 1.33.